The number of hydrogen-bond acceptors (Lipinski definition) is 3. The van der Waals surface area contributed by atoms with Crippen molar-refractivity contribution >= 4 is 28.6 Å². The maximum atomic E-state index is 11.5. The minimum absolute atomic E-state index is 0.113. The van der Waals surface area contributed by atoms with Gasteiger partial charge in [0.25, 0.3) is 0 Å². The van der Waals surface area contributed by atoms with Crippen LogP contribution in [0.4, 0.5) is 0 Å². The summed E-state index contributed by atoms with van der Waals surface area (Å²) in [5.41, 5.74) is -0.440. The first-order chi connectivity index (χ1) is 6.22. The summed E-state index contributed by atoms with van der Waals surface area (Å²) in [5, 5.41) is 0. The van der Waals surface area contributed by atoms with Crippen molar-refractivity contribution in [1.82, 2.24) is 0 Å². The first-order valence-electron chi connectivity index (χ1n) is 4.18. The van der Waals surface area contributed by atoms with Gasteiger partial charge >= 0.3 is 5.97 Å². The molecule has 2 aliphatic rings. The molecule has 0 aliphatic carbocycles. The summed E-state index contributed by atoms with van der Waals surface area (Å²) in [5.74, 6) is 1.63. The van der Waals surface area contributed by atoms with E-state index in [-0.39, 0.29) is 5.97 Å². The second-order valence-electron chi connectivity index (χ2n) is 3.53. The van der Waals surface area contributed by atoms with Crippen LogP contribution in [0, 0.1) is 3.57 Å². The minimum atomic E-state index is -0.440. The van der Waals surface area contributed by atoms with Gasteiger partial charge in [-0.15, -0.1) is 0 Å². The van der Waals surface area contributed by atoms with Gasteiger partial charge in [-0.2, -0.15) is 0 Å². The number of carbonyl (C=O) groups is 1. The van der Waals surface area contributed by atoms with E-state index in [0.717, 1.165) is 21.5 Å². The lowest BCUT2D eigenvalue weighted by Crippen LogP contribution is -2.32. The lowest BCUT2D eigenvalue weighted by molar-refractivity contribution is -0.142. The SMILES string of the molecule is O=C1OCCC12Cc1oc2cc1I. The van der Waals surface area contributed by atoms with Crippen LogP contribution in [0.5, 0.6) is 0 Å². The molecule has 1 atom stereocenters. The number of ether oxygens (including phenoxy) is 1. The predicted octanol–water partition coefficient (Wildman–Crippen LogP) is 1.63. The molecule has 1 aromatic heterocycles. The Labute approximate surface area is 88.6 Å². The highest BCUT2D eigenvalue weighted by Crippen LogP contribution is 2.45. The van der Waals surface area contributed by atoms with Gasteiger partial charge in [0.15, 0.2) is 0 Å². The van der Waals surface area contributed by atoms with E-state index < -0.39 is 5.41 Å². The van der Waals surface area contributed by atoms with E-state index in [9.17, 15) is 4.79 Å². The Hall–Kier alpha value is -0.520. The molecule has 4 heteroatoms. The van der Waals surface area contributed by atoms with Crippen LogP contribution in [0.25, 0.3) is 0 Å². The summed E-state index contributed by atoms with van der Waals surface area (Å²) in [6, 6.07) is 1.95. The molecule has 0 radical (unpaired) electrons. The Bertz CT molecular complexity index is 392. The van der Waals surface area contributed by atoms with Gasteiger partial charge < -0.3 is 9.15 Å². The Morgan fingerprint density at radius 3 is 2.85 bits per heavy atom. The minimum Gasteiger partial charge on any atom is -0.465 e. The fourth-order valence-electron chi connectivity index (χ4n) is 2.07. The molecule has 1 spiro atoms. The first kappa shape index (κ1) is 7.84. The third kappa shape index (κ3) is 0.820. The molecular weight excluding hydrogens is 283 g/mol. The molecule has 3 nitrogen and oxygen atoms in total. The topological polar surface area (TPSA) is 39.4 Å². The van der Waals surface area contributed by atoms with Crippen molar-refractivity contribution in [2.75, 3.05) is 6.61 Å². The first-order valence-corrected chi connectivity index (χ1v) is 5.26. The number of furan rings is 1. The fraction of sp³-hybridized carbons (Fsp3) is 0.444. The van der Waals surface area contributed by atoms with Crippen molar-refractivity contribution in [3.63, 3.8) is 0 Å². The quantitative estimate of drug-likeness (QED) is 0.538. The van der Waals surface area contributed by atoms with Crippen molar-refractivity contribution in [1.29, 1.82) is 0 Å². The van der Waals surface area contributed by atoms with E-state index in [0.29, 0.717) is 13.0 Å². The fourth-order valence-corrected chi connectivity index (χ4v) is 2.65. The third-order valence-corrected chi connectivity index (χ3v) is 3.76. The smallest absolute Gasteiger partial charge is 0.320 e. The zero-order valence-electron chi connectivity index (χ0n) is 6.80. The van der Waals surface area contributed by atoms with Crippen molar-refractivity contribution < 1.29 is 13.9 Å². The number of fused-ring (bicyclic) bond motifs is 3. The van der Waals surface area contributed by atoms with Gasteiger partial charge in [-0.1, -0.05) is 0 Å². The number of esters is 1. The standard InChI is InChI=1S/C9H7IO3/c10-5-3-7-9(4-6(5)13-7)1-2-12-8(9)11/h3H,1-2,4H2. The van der Waals surface area contributed by atoms with Gasteiger partial charge in [-0.05, 0) is 28.7 Å². The zero-order chi connectivity index (χ0) is 9.05. The van der Waals surface area contributed by atoms with Gasteiger partial charge in [0.05, 0.1) is 10.2 Å². The van der Waals surface area contributed by atoms with E-state index in [2.05, 4.69) is 22.6 Å². The predicted molar refractivity (Wildman–Crippen MR) is 52.4 cm³/mol. The maximum Gasteiger partial charge on any atom is 0.320 e. The molecule has 0 N–H and O–H groups in total. The van der Waals surface area contributed by atoms with Crippen LogP contribution in [-0.2, 0) is 21.4 Å². The molecule has 0 amide bonds. The van der Waals surface area contributed by atoms with Crippen LogP contribution in [0.15, 0.2) is 10.5 Å². The maximum absolute atomic E-state index is 11.5. The Kier molecular flexibility index (Phi) is 1.38. The van der Waals surface area contributed by atoms with Gasteiger partial charge in [0.1, 0.15) is 16.9 Å². The lowest BCUT2D eigenvalue weighted by atomic mass is 9.79. The molecule has 3 rings (SSSR count). The molecule has 68 valence electrons. The molecule has 0 saturated carbocycles. The lowest BCUT2D eigenvalue weighted by Gasteiger charge is -2.16. The Morgan fingerprint density at radius 1 is 1.54 bits per heavy atom. The Morgan fingerprint density at radius 2 is 2.38 bits per heavy atom. The van der Waals surface area contributed by atoms with Crippen LogP contribution in [0.3, 0.4) is 0 Å². The largest absolute Gasteiger partial charge is 0.465 e. The average Bonchev–Trinajstić information content (AvgIpc) is 2.70. The van der Waals surface area contributed by atoms with E-state index in [1.54, 1.807) is 0 Å². The zero-order valence-corrected chi connectivity index (χ0v) is 8.96. The molecule has 1 saturated heterocycles. The Balaban J connectivity index is 2.14. The van der Waals surface area contributed by atoms with Crippen LogP contribution < -0.4 is 0 Å². The van der Waals surface area contributed by atoms with Crippen LogP contribution in [0.1, 0.15) is 17.9 Å². The molecule has 2 bridgehead atoms. The summed E-state index contributed by atoms with van der Waals surface area (Å²) >= 11 is 2.23. The van der Waals surface area contributed by atoms with Crippen molar-refractivity contribution in [2.45, 2.75) is 18.3 Å². The second-order valence-corrected chi connectivity index (χ2v) is 4.69. The van der Waals surface area contributed by atoms with E-state index in [1.807, 2.05) is 6.07 Å². The van der Waals surface area contributed by atoms with E-state index in [1.165, 1.54) is 0 Å². The highest BCUT2D eigenvalue weighted by molar-refractivity contribution is 14.1. The van der Waals surface area contributed by atoms with Gasteiger partial charge in [0, 0.05) is 12.8 Å². The van der Waals surface area contributed by atoms with Gasteiger partial charge in [0.2, 0.25) is 0 Å². The average molecular weight is 290 g/mol. The number of cyclic esters (lactones) is 1. The summed E-state index contributed by atoms with van der Waals surface area (Å²) in [4.78, 5) is 11.5. The normalized spacial score (nSPS) is 30.1. The van der Waals surface area contributed by atoms with Crippen molar-refractivity contribution in [3.8, 4) is 0 Å². The van der Waals surface area contributed by atoms with E-state index in [4.69, 9.17) is 9.15 Å². The molecule has 1 aromatic rings. The summed E-state index contributed by atoms with van der Waals surface area (Å²) < 4.78 is 11.6. The van der Waals surface area contributed by atoms with E-state index >= 15 is 0 Å². The number of rotatable bonds is 0. The molecule has 1 unspecified atom stereocenters. The van der Waals surface area contributed by atoms with Crippen molar-refractivity contribution in [2.24, 2.45) is 0 Å². The summed E-state index contributed by atoms with van der Waals surface area (Å²) in [6.45, 7) is 0.531. The van der Waals surface area contributed by atoms with Gasteiger partial charge in [-0.3, -0.25) is 4.79 Å². The molecular formula is C9H7IO3. The van der Waals surface area contributed by atoms with Gasteiger partial charge in [-0.25, -0.2) is 0 Å². The van der Waals surface area contributed by atoms with Crippen LogP contribution in [0.2, 0.25) is 0 Å². The van der Waals surface area contributed by atoms with Crippen LogP contribution >= 0.6 is 22.6 Å². The monoisotopic (exact) mass is 290 g/mol. The molecule has 3 heterocycles. The highest BCUT2D eigenvalue weighted by atomic mass is 127. The molecule has 1 fully saturated rings. The number of hydrogen-bond donors (Lipinski definition) is 0. The van der Waals surface area contributed by atoms with Crippen molar-refractivity contribution in [3.05, 3.63) is 21.2 Å². The molecule has 0 aromatic carbocycles. The number of halogens is 1. The molecule has 2 aliphatic heterocycles. The summed E-state index contributed by atoms with van der Waals surface area (Å²) in [6.07, 6.45) is 1.47. The number of carbonyl (C=O) groups excluding carboxylic acids is 1. The van der Waals surface area contributed by atoms with Crippen LogP contribution in [-0.4, -0.2) is 12.6 Å². The third-order valence-electron chi connectivity index (χ3n) is 2.84. The highest BCUT2D eigenvalue weighted by Gasteiger charge is 2.53. The summed E-state index contributed by atoms with van der Waals surface area (Å²) in [7, 11) is 0. The second kappa shape index (κ2) is 2.29. The molecule has 13 heavy (non-hydrogen) atoms.